The van der Waals surface area contributed by atoms with Gasteiger partial charge in [-0.1, -0.05) is 121 Å². The van der Waals surface area contributed by atoms with Crippen molar-refractivity contribution in [3.05, 3.63) is 157 Å². The quantitative estimate of drug-likeness (QED) is 0.0593. The molecule has 0 aliphatic heterocycles. The molecule has 0 heterocycles. The Morgan fingerprint density at radius 3 is 1.98 bits per heavy atom. The summed E-state index contributed by atoms with van der Waals surface area (Å²) in [4.78, 5) is 53.4. The van der Waals surface area contributed by atoms with Crippen LogP contribution in [0.4, 0.5) is 4.79 Å². The highest BCUT2D eigenvalue weighted by Gasteiger charge is 2.31. The van der Waals surface area contributed by atoms with Crippen LogP contribution in [0.15, 0.2) is 135 Å². The van der Waals surface area contributed by atoms with E-state index in [-0.39, 0.29) is 50.9 Å². The van der Waals surface area contributed by atoms with Crippen LogP contribution in [-0.4, -0.2) is 60.9 Å². The summed E-state index contributed by atoms with van der Waals surface area (Å²) in [6, 6.07) is 32.3. The molecule has 4 atom stereocenters. The first-order valence-corrected chi connectivity index (χ1v) is 18.6. The number of fused-ring (bicyclic) bond motifs is 3. The second-order valence-corrected chi connectivity index (χ2v) is 13.6. The highest BCUT2D eigenvalue weighted by atomic mass is 16.6. The Labute approximate surface area is 322 Å². The van der Waals surface area contributed by atoms with Crippen LogP contribution in [0.5, 0.6) is 0 Å². The largest absolute Gasteiger partial charge is 0.462 e. The molecule has 10 nitrogen and oxygen atoms in total. The van der Waals surface area contributed by atoms with Crippen molar-refractivity contribution in [1.82, 2.24) is 16.0 Å². The van der Waals surface area contributed by atoms with E-state index >= 15 is 0 Å². The van der Waals surface area contributed by atoms with Gasteiger partial charge in [-0.25, -0.2) is 9.59 Å². The second-order valence-electron chi connectivity index (χ2n) is 13.6. The number of esters is 1. The average molecular weight is 744 g/mol. The molecule has 0 spiro atoms. The van der Waals surface area contributed by atoms with Gasteiger partial charge in [0.25, 0.3) is 0 Å². The molecular formula is C45H49N3O7. The minimum absolute atomic E-state index is 0.0861. The second kappa shape index (κ2) is 20.5. The average Bonchev–Trinajstić information content (AvgIpc) is 3.53. The molecule has 0 saturated carbocycles. The van der Waals surface area contributed by atoms with Crippen molar-refractivity contribution < 1.29 is 33.8 Å². The number of benzene rings is 4. The number of hydrogen-bond donors (Lipinski definition) is 4. The van der Waals surface area contributed by atoms with Crippen molar-refractivity contribution >= 4 is 23.9 Å². The predicted octanol–water partition coefficient (Wildman–Crippen LogP) is 6.56. The lowest BCUT2D eigenvalue weighted by molar-refractivity contribution is -0.147. The summed E-state index contributed by atoms with van der Waals surface area (Å²) in [5, 5.41) is 18.4. The number of rotatable bonds is 20. The first-order valence-electron chi connectivity index (χ1n) is 18.6. The molecule has 0 fully saturated rings. The lowest BCUT2D eigenvalue weighted by atomic mass is 9.97. The minimum atomic E-state index is -1.03. The summed E-state index contributed by atoms with van der Waals surface area (Å²) in [6.45, 7) is 7.11. The van der Waals surface area contributed by atoms with Gasteiger partial charge in [0.1, 0.15) is 19.3 Å². The molecule has 3 amide bonds. The van der Waals surface area contributed by atoms with Gasteiger partial charge in [-0.05, 0) is 59.1 Å². The lowest BCUT2D eigenvalue weighted by Gasteiger charge is -2.24. The van der Waals surface area contributed by atoms with Crippen molar-refractivity contribution in [3.63, 3.8) is 0 Å². The number of aliphatic hydroxyl groups excluding tert-OH is 1. The van der Waals surface area contributed by atoms with Crippen molar-refractivity contribution in [3.8, 4) is 11.1 Å². The third-order valence-corrected chi connectivity index (χ3v) is 9.65. The molecule has 0 radical (unpaired) electrons. The van der Waals surface area contributed by atoms with E-state index in [1.807, 2.05) is 72.8 Å². The molecule has 0 aromatic heterocycles. The van der Waals surface area contributed by atoms with Crippen LogP contribution in [0.25, 0.3) is 11.1 Å². The van der Waals surface area contributed by atoms with E-state index < -0.39 is 42.0 Å². The number of allylic oxidation sites excluding steroid dienone is 2. The smallest absolute Gasteiger partial charge is 0.407 e. The Morgan fingerprint density at radius 1 is 0.745 bits per heavy atom. The molecule has 4 N–H and O–H groups in total. The van der Waals surface area contributed by atoms with Crippen LogP contribution < -0.4 is 16.0 Å². The van der Waals surface area contributed by atoms with Gasteiger partial charge in [-0.3, -0.25) is 9.59 Å². The first-order chi connectivity index (χ1) is 26.8. The Balaban J connectivity index is 1.20. The van der Waals surface area contributed by atoms with Gasteiger partial charge < -0.3 is 30.5 Å². The number of amides is 3. The normalized spacial score (nSPS) is 13.8. The highest BCUT2D eigenvalue weighted by molar-refractivity contribution is 5.86. The highest BCUT2D eigenvalue weighted by Crippen LogP contribution is 2.44. The van der Waals surface area contributed by atoms with E-state index in [1.54, 1.807) is 36.4 Å². The van der Waals surface area contributed by atoms with E-state index in [2.05, 4.69) is 41.2 Å². The maximum atomic E-state index is 13.7. The molecule has 1 aliphatic rings. The van der Waals surface area contributed by atoms with Gasteiger partial charge in [0.15, 0.2) is 0 Å². The van der Waals surface area contributed by atoms with Gasteiger partial charge in [0, 0.05) is 12.3 Å². The fourth-order valence-electron chi connectivity index (χ4n) is 6.83. The van der Waals surface area contributed by atoms with Crippen LogP contribution in [0.1, 0.15) is 59.9 Å². The van der Waals surface area contributed by atoms with Crippen LogP contribution in [0.2, 0.25) is 0 Å². The van der Waals surface area contributed by atoms with E-state index in [4.69, 9.17) is 9.47 Å². The minimum Gasteiger partial charge on any atom is -0.462 e. The summed E-state index contributed by atoms with van der Waals surface area (Å²) in [5.41, 5.74) is 5.99. The monoisotopic (exact) mass is 743 g/mol. The number of carbonyl (C=O) groups excluding carboxylic acids is 4. The zero-order valence-electron chi connectivity index (χ0n) is 30.9. The third kappa shape index (κ3) is 11.3. The molecule has 0 bridgehead atoms. The van der Waals surface area contributed by atoms with E-state index in [0.29, 0.717) is 18.4 Å². The van der Waals surface area contributed by atoms with Gasteiger partial charge >= 0.3 is 12.1 Å². The van der Waals surface area contributed by atoms with Crippen LogP contribution >= 0.6 is 0 Å². The zero-order valence-corrected chi connectivity index (χ0v) is 30.9. The Hall–Kier alpha value is -6.00. The molecule has 4 aromatic rings. The Kier molecular flexibility index (Phi) is 14.9. The molecule has 0 unspecified atom stereocenters. The fourth-order valence-corrected chi connectivity index (χ4v) is 6.83. The standard InChI is InChI=1S/C45H49N3O7/c1-3-5-25-40(48-45(53)55-29-39-37-23-14-12-21-35(37)36-22-13-15-24-38(36)39)44(52)54-30-41(32-19-10-7-11-20-32)47-43(51)33(16-4-2)27-42(50)46-34(28-49)26-31-17-8-6-9-18-31/h3-4,6-15,17-24,33-34,39-41,49H,1-2,5,16,25-30H2,(H,46,50)(H,47,51)(H,48,53)/t33-,34-,40+,41-/m1/s1. The van der Waals surface area contributed by atoms with Crippen LogP contribution in [-0.2, 0) is 30.3 Å². The van der Waals surface area contributed by atoms with Crippen molar-refractivity contribution in [2.75, 3.05) is 19.8 Å². The van der Waals surface area contributed by atoms with Crippen LogP contribution in [0, 0.1) is 5.92 Å². The molecular weight excluding hydrogens is 695 g/mol. The fraction of sp³-hybridized carbons (Fsp3) is 0.289. The Bertz CT molecular complexity index is 1870. The molecule has 5 rings (SSSR count). The van der Waals surface area contributed by atoms with Crippen molar-refractivity contribution in [2.45, 2.75) is 56.1 Å². The predicted molar refractivity (Wildman–Crippen MR) is 212 cm³/mol. The Morgan fingerprint density at radius 2 is 1.36 bits per heavy atom. The van der Waals surface area contributed by atoms with Crippen molar-refractivity contribution in [1.29, 1.82) is 0 Å². The molecule has 286 valence electrons. The van der Waals surface area contributed by atoms with Crippen LogP contribution in [0.3, 0.4) is 0 Å². The van der Waals surface area contributed by atoms with E-state index in [1.165, 1.54) is 0 Å². The molecule has 55 heavy (non-hydrogen) atoms. The SMILES string of the molecule is C=CCC[C@H](NC(=O)OCC1c2ccccc2-c2ccccc21)C(=O)OC[C@@H](NC(=O)[C@H](CC=C)CC(=O)N[C@@H](CO)Cc1ccccc1)c1ccccc1. The number of nitrogens with one attached hydrogen (secondary N) is 3. The zero-order chi connectivity index (χ0) is 39.0. The maximum absolute atomic E-state index is 13.7. The molecule has 0 saturated heterocycles. The van der Waals surface area contributed by atoms with Gasteiger partial charge in [-0.2, -0.15) is 0 Å². The molecule has 4 aromatic carbocycles. The number of alkyl carbamates (subject to hydrolysis) is 1. The maximum Gasteiger partial charge on any atom is 0.407 e. The molecule has 1 aliphatic carbocycles. The number of aliphatic hydroxyl groups is 1. The topological polar surface area (TPSA) is 143 Å². The van der Waals surface area contributed by atoms with Gasteiger partial charge in [0.05, 0.1) is 24.6 Å². The number of ether oxygens (including phenoxy) is 2. The molecule has 10 heteroatoms. The number of carbonyl (C=O) groups is 4. The van der Waals surface area contributed by atoms with Crippen molar-refractivity contribution in [2.24, 2.45) is 5.92 Å². The third-order valence-electron chi connectivity index (χ3n) is 9.65. The van der Waals surface area contributed by atoms with Gasteiger partial charge in [0.2, 0.25) is 11.8 Å². The van der Waals surface area contributed by atoms with Gasteiger partial charge in [-0.15, -0.1) is 13.2 Å². The summed E-state index contributed by atoms with van der Waals surface area (Å²) < 4.78 is 11.4. The summed E-state index contributed by atoms with van der Waals surface area (Å²) in [6.07, 6.45) is 3.63. The summed E-state index contributed by atoms with van der Waals surface area (Å²) in [5.74, 6) is -2.42. The van der Waals surface area contributed by atoms with E-state index in [0.717, 1.165) is 27.8 Å². The first kappa shape index (κ1) is 40.2. The summed E-state index contributed by atoms with van der Waals surface area (Å²) in [7, 11) is 0. The lowest BCUT2D eigenvalue weighted by Crippen LogP contribution is -2.44. The summed E-state index contributed by atoms with van der Waals surface area (Å²) >= 11 is 0. The van der Waals surface area contributed by atoms with E-state index in [9.17, 15) is 24.3 Å². The number of hydrogen-bond acceptors (Lipinski definition) is 7.